The first kappa shape index (κ1) is 10.5. The van der Waals surface area contributed by atoms with Gasteiger partial charge in [-0.1, -0.05) is 12.1 Å². The summed E-state index contributed by atoms with van der Waals surface area (Å²) in [5.74, 6) is 0. The van der Waals surface area contributed by atoms with Crippen molar-refractivity contribution in [2.75, 3.05) is 18.4 Å². The first-order chi connectivity index (χ1) is 7.15. The average molecular weight is 204 g/mol. The molecule has 2 heteroatoms. The van der Waals surface area contributed by atoms with Crippen LogP contribution >= 0.6 is 0 Å². The van der Waals surface area contributed by atoms with Crippen LogP contribution in [0.5, 0.6) is 0 Å². The van der Waals surface area contributed by atoms with Gasteiger partial charge in [0.05, 0.1) is 0 Å². The molecule has 0 aromatic heterocycles. The zero-order valence-corrected chi connectivity index (χ0v) is 9.64. The van der Waals surface area contributed by atoms with Gasteiger partial charge in [0.25, 0.3) is 0 Å². The van der Waals surface area contributed by atoms with Crippen molar-refractivity contribution < 1.29 is 0 Å². The maximum absolute atomic E-state index is 5.76. The predicted octanol–water partition coefficient (Wildman–Crippen LogP) is 2.45. The van der Waals surface area contributed by atoms with Crippen molar-refractivity contribution in [3.05, 3.63) is 29.3 Å². The lowest BCUT2D eigenvalue weighted by Gasteiger charge is -2.16. The number of hydrogen-bond acceptors (Lipinski definition) is 2. The van der Waals surface area contributed by atoms with Crippen molar-refractivity contribution in [3.8, 4) is 0 Å². The molecule has 1 fully saturated rings. The molecule has 0 amide bonds. The van der Waals surface area contributed by atoms with E-state index >= 15 is 0 Å². The molecule has 82 valence electrons. The second-order valence-corrected chi connectivity index (χ2v) is 4.88. The van der Waals surface area contributed by atoms with Crippen LogP contribution in [0.2, 0.25) is 0 Å². The minimum atomic E-state index is 0.399. The Hall–Kier alpha value is -1.02. The van der Waals surface area contributed by atoms with Crippen LogP contribution in [-0.4, -0.2) is 13.1 Å². The zero-order valence-electron chi connectivity index (χ0n) is 9.64. The van der Waals surface area contributed by atoms with Gasteiger partial charge in [-0.15, -0.1) is 0 Å². The topological polar surface area (TPSA) is 38.0 Å². The first-order valence-corrected chi connectivity index (χ1v) is 5.66. The third-order valence-electron chi connectivity index (χ3n) is 3.44. The van der Waals surface area contributed by atoms with E-state index in [0.717, 1.165) is 13.1 Å². The molecule has 0 spiro atoms. The number of aryl methyl sites for hydroxylation is 2. The SMILES string of the molecule is Cc1ccc(C)c(NCC2(CN)CC2)c1. The fourth-order valence-electron chi connectivity index (χ4n) is 1.84. The van der Waals surface area contributed by atoms with Crippen molar-refractivity contribution in [3.63, 3.8) is 0 Å². The first-order valence-electron chi connectivity index (χ1n) is 5.66. The highest BCUT2D eigenvalue weighted by Crippen LogP contribution is 2.44. The highest BCUT2D eigenvalue weighted by atomic mass is 14.9. The van der Waals surface area contributed by atoms with E-state index < -0.39 is 0 Å². The number of rotatable bonds is 4. The van der Waals surface area contributed by atoms with Gasteiger partial charge in [-0.2, -0.15) is 0 Å². The van der Waals surface area contributed by atoms with Gasteiger partial charge in [0.1, 0.15) is 0 Å². The van der Waals surface area contributed by atoms with Crippen LogP contribution in [-0.2, 0) is 0 Å². The third-order valence-corrected chi connectivity index (χ3v) is 3.44. The smallest absolute Gasteiger partial charge is 0.0372 e. The summed E-state index contributed by atoms with van der Waals surface area (Å²) in [6.45, 7) is 6.10. The lowest BCUT2D eigenvalue weighted by Crippen LogP contribution is -2.24. The lowest BCUT2D eigenvalue weighted by atomic mass is 10.1. The zero-order chi connectivity index (χ0) is 10.9. The van der Waals surface area contributed by atoms with Crippen LogP contribution in [0.1, 0.15) is 24.0 Å². The fourth-order valence-corrected chi connectivity index (χ4v) is 1.84. The summed E-state index contributed by atoms with van der Waals surface area (Å²) < 4.78 is 0. The van der Waals surface area contributed by atoms with Crippen molar-refractivity contribution in [2.24, 2.45) is 11.1 Å². The molecule has 1 aromatic carbocycles. The molecule has 0 saturated heterocycles. The number of anilines is 1. The summed E-state index contributed by atoms with van der Waals surface area (Å²) in [5.41, 5.74) is 10.0. The van der Waals surface area contributed by atoms with Crippen LogP contribution in [0, 0.1) is 19.3 Å². The number of nitrogens with one attached hydrogen (secondary N) is 1. The summed E-state index contributed by atoms with van der Waals surface area (Å²) in [5, 5.41) is 3.53. The lowest BCUT2D eigenvalue weighted by molar-refractivity contribution is 0.555. The van der Waals surface area contributed by atoms with Crippen LogP contribution in [0.25, 0.3) is 0 Å². The van der Waals surface area contributed by atoms with Crippen LogP contribution in [0.4, 0.5) is 5.69 Å². The Morgan fingerprint density at radius 3 is 2.67 bits per heavy atom. The predicted molar refractivity (Wildman–Crippen MR) is 65.1 cm³/mol. The van der Waals surface area contributed by atoms with Crippen LogP contribution in [0.15, 0.2) is 18.2 Å². The molecule has 0 bridgehead atoms. The highest BCUT2D eigenvalue weighted by molar-refractivity contribution is 5.52. The summed E-state index contributed by atoms with van der Waals surface area (Å²) in [6, 6.07) is 6.53. The molecular weight excluding hydrogens is 184 g/mol. The standard InChI is InChI=1S/C13H20N2/c1-10-3-4-11(2)12(7-10)15-9-13(8-14)5-6-13/h3-4,7,15H,5-6,8-9,14H2,1-2H3. The van der Waals surface area contributed by atoms with Crippen LogP contribution in [0.3, 0.4) is 0 Å². The van der Waals surface area contributed by atoms with Crippen molar-refractivity contribution in [1.29, 1.82) is 0 Å². The van der Waals surface area contributed by atoms with E-state index in [4.69, 9.17) is 5.73 Å². The van der Waals surface area contributed by atoms with E-state index in [2.05, 4.69) is 37.4 Å². The van der Waals surface area contributed by atoms with E-state index in [1.165, 1.54) is 29.7 Å². The Kier molecular flexibility index (Phi) is 2.70. The number of benzene rings is 1. The molecule has 0 heterocycles. The van der Waals surface area contributed by atoms with Crippen molar-refractivity contribution >= 4 is 5.69 Å². The van der Waals surface area contributed by atoms with E-state index in [1.807, 2.05) is 0 Å². The van der Waals surface area contributed by atoms with Gasteiger partial charge in [0, 0.05) is 12.2 Å². The molecule has 1 saturated carbocycles. The Morgan fingerprint density at radius 2 is 2.07 bits per heavy atom. The largest absolute Gasteiger partial charge is 0.384 e. The highest BCUT2D eigenvalue weighted by Gasteiger charge is 2.40. The molecule has 0 radical (unpaired) electrons. The molecular formula is C13H20N2. The van der Waals surface area contributed by atoms with E-state index in [0.29, 0.717) is 5.41 Å². The van der Waals surface area contributed by atoms with Crippen molar-refractivity contribution in [2.45, 2.75) is 26.7 Å². The van der Waals surface area contributed by atoms with Crippen molar-refractivity contribution in [1.82, 2.24) is 0 Å². The Labute approximate surface area is 91.9 Å². The summed E-state index contributed by atoms with van der Waals surface area (Å²) >= 11 is 0. The molecule has 1 aliphatic rings. The monoisotopic (exact) mass is 204 g/mol. The molecule has 1 aromatic rings. The number of hydrogen-bond donors (Lipinski definition) is 2. The minimum Gasteiger partial charge on any atom is -0.384 e. The molecule has 2 rings (SSSR count). The Bertz CT molecular complexity index is 354. The molecule has 0 aliphatic heterocycles. The molecule has 3 N–H and O–H groups in total. The second kappa shape index (κ2) is 3.86. The van der Waals surface area contributed by atoms with Gasteiger partial charge < -0.3 is 11.1 Å². The van der Waals surface area contributed by atoms with E-state index in [-0.39, 0.29) is 0 Å². The molecule has 2 nitrogen and oxygen atoms in total. The van der Waals surface area contributed by atoms with Crippen LogP contribution < -0.4 is 11.1 Å². The maximum Gasteiger partial charge on any atom is 0.0372 e. The molecule has 0 unspecified atom stereocenters. The van der Waals surface area contributed by atoms with Gasteiger partial charge in [-0.25, -0.2) is 0 Å². The summed E-state index contributed by atoms with van der Waals surface area (Å²) in [6.07, 6.45) is 2.56. The average Bonchev–Trinajstić information content (AvgIpc) is 3.00. The number of nitrogens with two attached hydrogens (primary N) is 1. The Balaban J connectivity index is 2.01. The summed E-state index contributed by atoms with van der Waals surface area (Å²) in [7, 11) is 0. The third kappa shape index (κ3) is 2.32. The fraction of sp³-hybridized carbons (Fsp3) is 0.538. The van der Waals surface area contributed by atoms with Gasteiger partial charge in [-0.3, -0.25) is 0 Å². The van der Waals surface area contributed by atoms with E-state index in [9.17, 15) is 0 Å². The Morgan fingerprint density at radius 1 is 1.33 bits per heavy atom. The van der Waals surface area contributed by atoms with Gasteiger partial charge in [0.15, 0.2) is 0 Å². The molecule has 0 atom stereocenters. The van der Waals surface area contributed by atoms with Gasteiger partial charge in [-0.05, 0) is 55.8 Å². The summed E-state index contributed by atoms with van der Waals surface area (Å²) in [4.78, 5) is 0. The molecule has 1 aliphatic carbocycles. The normalized spacial score (nSPS) is 17.5. The molecule has 15 heavy (non-hydrogen) atoms. The van der Waals surface area contributed by atoms with Gasteiger partial charge in [0.2, 0.25) is 0 Å². The van der Waals surface area contributed by atoms with Gasteiger partial charge >= 0.3 is 0 Å². The van der Waals surface area contributed by atoms with E-state index in [1.54, 1.807) is 0 Å². The second-order valence-electron chi connectivity index (χ2n) is 4.88. The quantitative estimate of drug-likeness (QED) is 0.790. The maximum atomic E-state index is 5.76. The minimum absolute atomic E-state index is 0.399.